The maximum atomic E-state index is 13.5. The number of aliphatic carboxylic acids is 1. The molecule has 2 N–H and O–H groups in total. The number of ether oxygens (including phenoxy) is 2. The van der Waals surface area contributed by atoms with Crippen molar-refractivity contribution in [3.05, 3.63) is 34.9 Å². The molecule has 9 nitrogen and oxygen atoms in total. The molecule has 0 bridgehead atoms. The molecule has 3 rings (SSSR count). The number of aliphatic hydroxyl groups excluding tert-OH is 1. The lowest BCUT2D eigenvalue weighted by molar-refractivity contribution is -0.188. The van der Waals surface area contributed by atoms with E-state index in [1.165, 1.54) is 5.06 Å². The van der Waals surface area contributed by atoms with Crippen molar-refractivity contribution in [2.45, 2.75) is 85.8 Å². The smallest absolute Gasteiger partial charge is 0.308 e. The molecule has 0 aromatic heterocycles. The van der Waals surface area contributed by atoms with Gasteiger partial charge in [0.05, 0.1) is 25.7 Å². The van der Waals surface area contributed by atoms with Crippen molar-refractivity contribution in [1.82, 2.24) is 9.96 Å². The van der Waals surface area contributed by atoms with Gasteiger partial charge in [-0.3, -0.25) is 19.3 Å². The summed E-state index contributed by atoms with van der Waals surface area (Å²) in [5.41, 5.74) is 2.21. The molecule has 0 radical (unpaired) electrons. The fraction of sp³-hybridized carbons (Fsp3) is 0.667. The lowest BCUT2D eigenvalue weighted by Crippen LogP contribution is -2.45. The highest BCUT2D eigenvalue weighted by molar-refractivity contribution is 5.78. The van der Waals surface area contributed by atoms with Crippen molar-refractivity contribution in [2.24, 2.45) is 11.3 Å². The van der Waals surface area contributed by atoms with Crippen LogP contribution in [0.15, 0.2) is 23.8 Å². The Hall–Kier alpha value is -2.62. The number of benzene rings is 1. The van der Waals surface area contributed by atoms with Crippen LogP contribution < -0.4 is 9.47 Å². The van der Waals surface area contributed by atoms with Crippen molar-refractivity contribution in [2.75, 3.05) is 33.0 Å². The number of amides is 1. The summed E-state index contributed by atoms with van der Waals surface area (Å²) in [5.74, 6) is -1.21. The second kappa shape index (κ2) is 13.6. The SMILES string of the molecule is CCCCN(OCCC)C(=O)CN1C[C@H](c2cc(CO)c3c(c2)OCO3)[C@@H](C(=O)O)[C@@H]1CC(C)(C)C=C(C)C. The molecule has 1 fully saturated rings. The van der Waals surface area contributed by atoms with Crippen molar-refractivity contribution in [1.29, 1.82) is 0 Å². The molecule has 1 saturated heterocycles. The van der Waals surface area contributed by atoms with E-state index in [9.17, 15) is 19.8 Å². The minimum Gasteiger partial charge on any atom is -0.481 e. The predicted molar refractivity (Wildman–Crippen MR) is 148 cm³/mol. The molecule has 0 saturated carbocycles. The third kappa shape index (κ3) is 7.74. The predicted octanol–water partition coefficient (Wildman–Crippen LogP) is 4.73. The Bertz CT molecular complexity index is 1030. The van der Waals surface area contributed by atoms with Gasteiger partial charge in [-0.05, 0) is 56.2 Å². The number of nitrogens with zero attached hydrogens (tertiary/aromatic N) is 2. The Labute approximate surface area is 232 Å². The van der Waals surface area contributed by atoms with E-state index in [4.69, 9.17) is 14.3 Å². The summed E-state index contributed by atoms with van der Waals surface area (Å²) in [4.78, 5) is 34.2. The van der Waals surface area contributed by atoms with Crippen LogP contribution in [0.5, 0.6) is 11.5 Å². The van der Waals surface area contributed by atoms with Crippen LogP contribution in [0.2, 0.25) is 0 Å². The number of fused-ring (bicyclic) bond motifs is 1. The van der Waals surface area contributed by atoms with Gasteiger partial charge in [0.1, 0.15) is 0 Å². The van der Waals surface area contributed by atoms with Crippen molar-refractivity contribution in [3.63, 3.8) is 0 Å². The fourth-order valence-electron chi connectivity index (χ4n) is 5.92. The Morgan fingerprint density at radius 1 is 1.21 bits per heavy atom. The topological polar surface area (TPSA) is 109 Å². The molecule has 2 aliphatic rings. The number of rotatable bonds is 14. The molecule has 218 valence electrons. The van der Waals surface area contributed by atoms with Crippen molar-refractivity contribution >= 4 is 11.9 Å². The molecule has 0 unspecified atom stereocenters. The number of aliphatic hydroxyl groups is 1. The molecule has 0 aliphatic carbocycles. The van der Waals surface area contributed by atoms with Gasteiger partial charge in [0, 0.05) is 30.6 Å². The first-order valence-electron chi connectivity index (χ1n) is 14.1. The molecule has 2 aliphatic heterocycles. The second-order valence-corrected chi connectivity index (χ2v) is 11.6. The molecular weight excluding hydrogens is 500 g/mol. The third-order valence-electron chi connectivity index (χ3n) is 7.40. The van der Waals surface area contributed by atoms with E-state index in [-0.39, 0.29) is 37.3 Å². The van der Waals surface area contributed by atoms with E-state index in [2.05, 4.69) is 26.8 Å². The lowest BCUT2D eigenvalue weighted by atomic mass is 9.77. The molecular formula is C30H46N2O7. The van der Waals surface area contributed by atoms with Crippen molar-refractivity contribution in [3.8, 4) is 11.5 Å². The van der Waals surface area contributed by atoms with Gasteiger partial charge in [-0.25, -0.2) is 5.06 Å². The fourth-order valence-corrected chi connectivity index (χ4v) is 5.92. The highest BCUT2D eigenvalue weighted by atomic mass is 16.7. The zero-order valence-corrected chi connectivity index (χ0v) is 24.4. The number of carbonyl (C=O) groups excluding carboxylic acids is 1. The van der Waals surface area contributed by atoms with E-state index >= 15 is 0 Å². The zero-order valence-electron chi connectivity index (χ0n) is 24.4. The van der Waals surface area contributed by atoms with Gasteiger partial charge in [0.25, 0.3) is 5.91 Å². The summed E-state index contributed by atoms with van der Waals surface area (Å²) in [6.45, 7) is 13.6. The first-order chi connectivity index (χ1) is 18.5. The number of allylic oxidation sites excluding steroid dienone is 2. The number of hydroxylamine groups is 2. The quantitative estimate of drug-likeness (QED) is 0.255. The van der Waals surface area contributed by atoms with Gasteiger partial charge in [-0.1, -0.05) is 45.8 Å². The Morgan fingerprint density at radius 2 is 1.95 bits per heavy atom. The maximum absolute atomic E-state index is 13.5. The summed E-state index contributed by atoms with van der Waals surface area (Å²) in [6, 6.07) is 3.25. The van der Waals surface area contributed by atoms with Gasteiger partial charge in [0.15, 0.2) is 11.5 Å². The minimum atomic E-state index is -0.902. The average molecular weight is 547 g/mol. The second-order valence-electron chi connectivity index (χ2n) is 11.6. The zero-order chi connectivity index (χ0) is 28.7. The van der Waals surface area contributed by atoms with Crippen LogP contribution in [0.1, 0.15) is 84.3 Å². The van der Waals surface area contributed by atoms with E-state index in [1.807, 2.05) is 37.8 Å². The minimum absolute atomic E-state index is 0.0598. The molecule has 1 aromatic carbocycles. The summed E-state index contributed by atoms with van der Waals surface area (Å²) in [7, 11) is 0. The maximum Gasteiger partial charge on any atom is 0.308 e. The number of hydrogen-bond donors (Lipinski definition) is 2. The molecule has 3 atom stereocenters. The number of carboxylic acids is 1. The number of unbranched alkanes of at least 4 members (excludes halogenated alkanes) is 1. The average Bonchev–Trinajstić information content (AvgIpc) is 3.47. The summed E-state index contributed by atoms with van der Waals surface area (Å²) in [5, 5.41) is 22.0. The van der Waals surface area contributed by atoms with E-state index in [0.29, 0.717) is 43.2 Å². The van der Waals surface area contributed by atoms with E-state index in [0.717, 1.165) is 30.4 Å². The number of likely N-dealkylation sites (tertiary alicyclic amines) is 1. The Morgan fingerprint density at radius 3 is 2.56 bits per heavy atom. The van der Waals surface area contributed by atoms with E-state index < -0.39 is 17.8 Å². The monoisotopic (exact) mass is 546 g/mol. The largest absolute Gasteiger partial charge is 0.481 e. The molecule has 2 heterocycles. The van der Waals surface area contributed by atoms with Crippen LogP contribution in [0.3, 0.4) is 0 Å². The third-order valence-corrected chi connectivity index (χ3v) is 7.40. The molecule has 0 spiro atoms. The molecule has 1 amide bonds. The van der Waals surface area contributed by atoms with Crippen LogP contribution in [-0.2, 0) is 21.0 Å². The summed E-state index contributed by atoms with van der Waals surface area (Å²) in [6.07, 6.45) is 5.29. The highest BCUT2D eigenvalue weighted by Crippen LogP contribution is 2.46. The molecule has 9 heteroatoms. The lowest BCUT2D eigenvalue weighted by Gasteiger charge is -2.34. The van der Waals surface area contributed by atoms with Gasteiger partial charge < -0.3 is 19.7 Å². The van der Waals surface area contributed by atoms with Gasteiger partial charge in [0.2, 0.25) is 6.79 Å². The van der Waals surface area contributed by atoms with Crippen LogP contribution >= 0.6 is 0 Å². The number of hydrogen-bond acceptors (Lipinski definition) is 7. The summed E-state index contributed by atoms with van der Waals surface area (Å²) >= 11 is 0. The first-order valence-corrected chi connectivity index (χ1v) is 14.1. The first kappa shape index (κ1) is 30.9. The Kier molecular flexibility index (Phi) is 10.8. The van der Waals surface area contributed by atoms with Gasteiger partial charge >= 0.3 is 5.97 Å². The highest BCUT2D eigenvalue weighted by Gasteiger charge is 2.49. The van der Waals surface area contributed by atoms with Crippen LogP contribution in [-0.4, -0.2) is 71.1 Å². The van der Waals surface area contributed by atoms with Crippen LogP contribution in [0, 0.1) is 11.3 Å². The number of carboxylic acid groups (broad SMARTS) is 1. The van der Waals surface area contributed by atoms with Crippen LogP contribution in [0.4, 0.5) is 0 Å². The van der Waals surface area contributed by atoms with E-state index in [1.54, 1.807) is 0 Å². The summed E-state index contributed by atoms with van der Waals surface area (Å²) < 4.78 is 11.1. The van der Waals surface area contributed by atoms with Gasteiger partial charge in [-0.2, -0.15) is 0 Å². The van der Waals surface area contributed by atoms with Crippen LogP contribution in [0.25, 0.3) is 0 Å². The van der Waals surface area contributed by atoms with Gasteiger partial charge in [-0.15, -0.1) is 0 Å². The normalized spacial score (nSPS) is 20.7. The molecule has 1 aromatic rings. The number of carbonyl (C=O) groups is 2. The van der Waals surface area contributed by atoms with Crippen molar-refractivity contribution < 1.29 is 34.1 Å². The molecule has 39 heavy (non-hydrogen) atoms. The standard InChI is InChI=1S/C30H46N2O7/c1-7-9-10-32(39-11-8-2)26(34)17-31-16-23(21-12-22(18-33)28-25(13-21)37-19-38-28)27(29(35)36)24(31)15-30(5,6)14-20(3)4/h12-14,23-24,27,33H,7-11,15-19H2,1-6H3,(H,35,36)/t23-,24+,27-/m1/s1. The Balaban J connectivity index is 1.99.